The first kappa shape index (κ1) is 25.1. The van der Waals surface area contributed by atoms with E-state index in [9.17, 15) is 0 Å². The molecule has 1 aliphatic heterocycles. The number of hydrogen-bond acceptors (Lipinski definition) is 2. The Bertz CT molecular complexity index is 886. The summed E-state index contributed by atoms with van der Waals surface area (Å²) in [5.74, 6) is 4.22. The molecule has 1 fully saturated rings. The fourth-order valence-corrected chi connectivity index (χ4v) is 6.67. The molecule has 4 rings (SSSR count). The van der Waals surface area contributed by atoms with Gasteiger partial charge in [-0.3, -0.25) is 0 Å². The summed E-state index contributed by atoms with van der Waals surface area (Å²) in [6.07, 6.45) is 12.2. The van der Waals surface area contributed by atoms with Gasteiger partial charge in [0.25, 0.3) is 0 Å². The van der Waals surface area contributed by atoms with Gasteiger partial charge in [0.2, 0.25) is 0 Å². The summed E-state index contributed by atoms with van der Waals surface area (Å²) in [5, 5.41) is 0. The molecule has 186 valence electrons. The standard InChI is InChI=1S/C32H46O2/c1-6-11-22-12-14-25(15-13-22)26-20-33-29-18-16-23(7-2)27(9-4)31(29)32-28(10-5)24(8-3)17-19-30(32)34-21-26/h16-19,22,25-26H,6-15,20-21H2,1-5H3. The van der Waals surface area contributed by atoms with Crippen molar-refractivity contribution in [2.24, 2.45) is 17.8 Å². The molecule has 2 aromatic carbocycles. The lowest BCUT2D eigenvalue weighted by Crippen LogP contribution is -2.30. The van der Waals surface area contributed by atoms with Crippen LogP contribution in [0.1, 0.15) is 95.4 Å². The first-order valence-corrected chi connectivity index (χ1v) is 14.2. The van der Waals surface area contributed by atoms with Gasteiger partial charge in [-0.15, -0.1) is 0 Å². The Hall–Kier alpha value is -1.96. The number of hydrogen-bond donors (Lipinski definition) is 0. The third-order valence-electron chi connectivity index (χ3n) is 8.62. The molecule has 1 aliphatic carbocycles. The van der Waals surface area contributed by atoms with Gasteiger partial charge < -0.3 is 9.47 Å². The van der Waals surface area contributed by atoms with Gasteiger partial charge in [-0.2, -0.15) is 0 Å². The van der Waals surface area contributed by atoms with Crippen LogP contribution in [0.5, 0.6) is 11.5 Å². The summed E-state index contributed by atoms with van der Waals surface area (Å²) in [6.45, 7) is 13.0. The van der Waals surface area contributed by atoms with E-state index in [0.717, 1.165) is 56.3 Å². The second-order valence-electron chi connectivity index (χ2n) is 10.5. The molecular formula is C32H46O2. The van der Waals surface area contributed by atoms with Crippen LogP contribution in [0.4, 0.5) is 0 Å². The van der Waals surface area contributed by atoms with Crippen molar-refractivity contribution in [1.29, 1.82) is 0 Å². The molecule has 0 atom stereocenters. The van der Waals surface area contributed by atoms with Crippen molar-refractivity contribution < 1.29 is 9.47 Å². The minimum Gasteiger partial charge on any atom is -0.492 e. The maximum Gasteiger partial charge on any atom is 0.127 e. The Kier molecular flexibility index (Phi) is 8.61. The molecule has 2 heteroatoms. The van der Waals surface area contributed by atoms with Crippen LogP contribution in [0.15, 0.2) is 24.3 Å². The predicted octanol–water partition coefficient (Wildman–Crippen LogP) is 8.60. The zero-order valence-electron chi connectivity index (χ0n) is 22.3. The number of rotatable bonds is 7. The van der Waals surface area contributed by atoms with E-state index >= 15 is 0 Å². The third-order valence-corrected chi connectivity index (χ3v) is 8.62. The van der Waals surface area contributed by atoms with Gasteiger partial charge in [-0.05, 0) is 84.7 Å². The van der Waals surface area contributed by atoms with Gasteiger partial charge in [0.05, 0.1) is 13.2 Å². The first-order valence-electron chi connectivity index (χ1n) is 14.2. The number of aryl methyl sites for hydroxylation is 2. The topological polar surface area (TPSA) is 18.5 Å². The molecule has 0 aromatic heterocycles. The maximum absolute atomic E-state index is 6.74. The molecular weight excluding hydrogens is 416 g/mol. The summed E-state index contributed by atoms with van der Waals surface area (Å²) < 4.78 is 13.5. The second-order valence-corrected chi connectivity index (χ2v) is 10.5. The monoisotopic (exact) mass is 462 g/mol. The molecule has 2 aliphatic rings. The van der Waals surface area contributed by atoms with Gasteiger partial charge in [-0.1, -0.05) is 72.4 Å². The summed E-state index contributed by atoms with van der Waals surface area (Å²) in [5.41, 5.74) is 8.35. The van der Waals surface area contributed by atoms with Crippen molar-refractivity contribution in [3.05, 3.63) is 46.5 Å². The highest BCUT2D eigenvalue weighted by Gasteiger charge is 2.31. The maximum atomic E-state index is 6.74. The van der Waals surface area contributed by atoms with Gasteiger partial charge in [0, 0.05) is 17.0 Å². The summed E-state index contributed by atoms with van der Waals surface area (Å²) in [7, 11) is 0. The molecule has 0 N–H and O–H groups in total. The van der Waals surface area contributed by atoms with Crippen LogP contribution < -0.4 is 9.47 Å². The van der Waals surface area contributed by atoms with Crippen LogP contribution in [0.2, 0.25) is 0 Å². The third kappa shape index (κ3) is 5.02. The molecule has 0 saturated heterocycles. The number of benzene rings is 2. The van der Waals surface area contributed by atoms with E-state index < -0.39 is 0 Å². The van der Waals surface area contributed by atoms with Crippen molar-refractivity contribution in [3.63, 3.8) is 0 Å². The van der Waals surface area contributed by atoms with Crippen LogP contribution in [0.3, 0.4) is 0 Å². The smallest absolute Gasteiger partial charge is 0.127 e. The molecule has 0 bridgehead atoms. The summed E-state index contributed by atoms with van der Waals surface area (Å²) in [6, 6.07) is 9.10. The van der Waals surface area contributed by atoms with Crippen molar-refractivity contribution >= 4 is 0 Å². The van der Waals surface area contributed by atoms with Gasteiger partial charge in [-0.25, -0.2) is 0 Å². The predicted molar refractivity (Wildman–Crippen MR) is 144 cm³/mol. The summed E-state index contributed by atoms with van der Waals surface area (Å²) in [4.78, 5) is 0. The Morgan fingerprint density at radius 2 is 1.12 bits per heavy atom. The number of ether oxygens (including phenoxy) is 2. The van der Waals surface area contributed by atoms with Crippen LogP contribution in [0, 0.1) is 17.8 Å². The lowest BCUT2D eigenvalue weighted by Gasteiger charge is -2.33. The fourth-order valence-electron chi connectivity index (χ4n) is 6.67. The van der Waals surface area contributed by atoms with E-state index in [4.69, 9.17) is 9.47 Å². The Balaban J connectivity index is 1.76. The van der Waals surface area contributed by atoms with Crippen LogP contribution >= 0.6 is 0 Å². The van der Waals surface area contributed by atoms with Crippen LogP contribution in [-0.4, -0.2) is 13.2 Å². The largest absolute Gasteiger partial charge is 0.492 e. The molecule has 2 nitrogen and oxygen atoms in total. The van der Waals surface area contributed by atoms with E-state index in [0.29, 0.717) is 11.8 Å². The van der Waals surface area contributed by atoms with E-state index in [1.807, 2.05) is 0 Å². The van der Waals surface area contributed by atoms with Gasteiger partial charge in [0.15, 0.2) is 0 Å². The molecule has 0 unspecified atom stereocenters. The molecule has 1 heterocycles. The van der Waals surface area contributed by atoms with E-state index in [-0.39, 0.29) is 0 Å². The van der Waals surface area contributed by atoms with Crippen molar-refractivity contribution in [2.45, 2.75) is 98.8 Å². The quantitative estimate of drug-likeness (QED) is 0.410. The normalized spacial score (nSPS) is 20.9. The van der Waals surface area contributed by atoms with Crippen LogP contribution in [-0.2, 0) is 25.7 Å². The highest BCUT2D eigenvalue weighted by molar-refractivity contribution is 5.83. The molecule has 0 spiro atoms. The second kappa shape index (κ2) is 11.6. The highest BCUT2D eigenvalue weighted by atomic mass is 16.5. The van der Waals surface area contributed by atoms with Crippen molar-refractivity contribution in [2.75, 3.05) is 13.2 Å². The Labute approximate surface area is 208 Å². The Morgan fingerprint density at radius 3 is 1.53 bits per heavy atom. The molecule has 34 heavy (non-hydrogen) atoms. The average molecular weight is 463 g/mol. The zero-order valence-corrected chi connectivity index (χ0v) is 22.3. The molecule has 1 saturated carbocycles. The number of fused-ring (bicyclic) bond motifs is 3. The van der Waals surface area contributed by atoms with Gasteiger partial charge in [0.1, 0.15) is 11.5 Å². The lowest BCUT2D eigenvalue weighted by atomic mass is 9.75. The highest BCUT2D eigenvalue weighted by Crippen LogP contribution is 2.46. The van der Waals surface area contributed by atoms with E-state index in [1.165, 1.54) is 71.9 Å². The first-order chi connectivity index (χ1) is 16.6. The fraction of sp³-hybridized carbons (Fsp3) is 0.625. The molecule has 0 radical (unpaired) electrons. The molecule has 0 amide bonds. The summed E-state index contributed by atoms with van der Waals surface area (Å²) >= 11 is 0. The Morgan fingerprint density at radius 1 is 0.618 bits per heavy atom. The van der Waals surface area contributed by atoms with Crippen molar-refractivity contribution in [3.8, 4) is 22.6 Å². The van der Waals surface area contributed by atoms with E-state index in [1.54, 1.807) is 0 Å². The van der Waals surface area contributed by atoms with Crippen LogP contribution in [0.25, 0.3) is 11.1 Å². The van der Waals surface area contributed by atoms with Gasteiger partial charge >= 0.3 is 0 Å². The minimum absolute atomic E-state index is 0.452. The zero-order chi connectivity index (χ0) is 24.1. The minimum atomic E-state index is 0.452. The van der Waals surface area contributed by atoms with E-state index in [2.05, 4.69) is 58.9 Å². The average Bonchev–Trinajstić information content (AvgIpc) is 2.95. The SMILES string of the molecule is CCCC1CCC(C2COc3ccc(CC)c(CC)c3-c3c(ccc(CC)c3CC)OC2)CC1. The molecule has 2 aromatic rings. The van der Waals surface area contributed by atoms with Crippen molar-refractivity contribution in [1.82, 2.24) is 0 Å². The lowest BCUT2D eigenvalue weighted by molar-refractivity contribution is 0.0982.